The van der Waals surface area contributed by atoms with Crippen LogP contribution in [0.2, 0.25) is 0 Å². The van der Waals surface area contributed by atoms with Gasteiger partial charge in [-0.05, 0) is 25.7 Å². The van der Waals surface area contributed by atoms with Crippen LogP contribution in [0.4, 0.5) is 0 Å². The molecule has 7 heteroatoms. The molecule has 0 saturated carbocycles. The van der Waals surface area contributed by atoms with E-state index in [0.717, 1.165) is 19.3 Å². The number of esters is 1. The molecule has 0 aromatic carbocycles. The van der Waals surface area contributed by atoms with Crippen LogP contribution >= 0.6 is 0 Å². The van der Waals surface area contributed by atoms with Gasteiger partial charge in [-0.3, -0.25) is 4.79 Å². The summed E-state index contributed by atoms with van der Waals surface area (Å²) in [6.07, 6.45) is 4.36. The molecule has 2 heterocycles. The fourth-order valence-corrected chi connectivity index (χ4v) is 4.54. The van der Waals surface area contributed by atoms with Gasteiger partial charge in [0.1, 0.15) is 0 Å². The fraction of sp³-hybridized carbons (Fsp3) is 0.917. The molecule has 1 atom stereocenters. The average molecular weight is 290 g/mol. The summed E-state index contributed by atoms with van der Waals surface area (Å²) in [7, 11) is -2.05. The number of piperidine rings is 2. The van der Waals surface area contributed by atoms with Crippen LogP contribution in [0, 0.1) is 5.92 Å². The maximum atomic E-state index is 12.5. The first-order valence-corrected chi connectivity index (χ1v) is 8.28. The summed E-state index contributed by atoms with van der Waals surface area (Å²) in [5, 5.41) is 0. The molecule has 6 nitrogen and oxygen atoms in total. The smallest absolute Gasteiger partial charge is 0.309 e. The van der Waals surface area contributed by atoms with Gasteiger partial charge in [0.25, 0.3) is 10.2 Å². The van der Waals surface area contributed by atoms with E-state index in [9.17, 15) is 13.2 Å². The summed E-state index contributed by atoms with van der Waals surface area (Å²) in [5.41, 5.74) is 0. The second-order valence-corrected chi connectivity index (χ2v) is 7.12. The number of rotatable bonds is 3. The van der Waals surface area contributed by atoms with E-state index in [1.807, 2.05) is 0 Å². The number of methoxy groups -OCH3 is 1. The van der Waals surface area contributed by atoms with Gasteiger partial charge >= 0.3 is 5.97 Å². The van der Waals surface area contributed by atoms with Gasteiger partial charge in [0.2, 0.25) is 0 Å². The molecular weight excluding hydrogens is 268 g/mol. The lowest BCUT2D eigenvalue weighted by Crippen LogP contribution is -2.50. The van der Waals surface area contributed by atoms with Gasteiger partial charge in [-0.15, -0.1) is 0 Å². The van der Waals surface area contributed by atoms with E-state index in [-0.39, 0.29) is 18.4 Å². The Bertz CT molecular complexity index is 417. The molecule has 2 saturated heterocycles. The van der Waals surface area contributed by atoms with E-state index < -0.39 is 10.2 Å². The molecule has 0 spiro atoms. The van der Waals surface area contributed by atoms with Gasteiger partial charge < -0.3 is 4.74 Å². The molecule has 0 N–H and O–H groups in total. The third-order valence-electron chi connectivity index (χ3n) is 3.89. The van der Waals surface area contributed by atoms with E-state index in [1.54, 1.807) is 4.31 Å². The molecule has 0 aromatic heterocycles. The van der Waals surface area contributed by atoms with Crippen molar-refractivity contribution in [3.8, 4) is 0 Å². The van der Waals surface area contributed by atoms with Crippen molar-refractivity contribution in [1.29, 1.82) is 0 Å². The maximum Gasteiger partial charge on any atom is 0.309 e. The number of carbonyl (C=O) groups excluding carboxylic acids is 1. The lowest BCUT2D eigenvalue weighted by molar-refractivity contribution is -0.146. The molecule has 2 aliphatic heterocycles. The van der Waals surface area contributed by atoms with Gasteiger partial charge in [0.05, 0.1) is 13.0 Å². The van der Waals surface area contributed by atoms with Crippen LogP contribution in [0.15, 0.2) is 0 Å². The van der Waals surface area contributed by atoms with Gasteiger partial charge in [-0.2, -0.15) is 17.0 Å². The second kappa shape index (κ2) is 6.19. The van der Waals surface area contributed by atoms with E-state index in [4.69, 9.17) is 4.74 Å². The molecule has 1 unspecified atom stereocenters. The van der Waals surface area contributed by atoms with Gasteiger partial charge in [0, 0.05) is 26.2 Å². The molecule has 0 radical (unpaired) electrons. The third-order valence-corrected chi connectivity index (χ3v) is 5.89. The first-order chi connectivity index (χ1) is 9.05. The summed E-state index contributed by atoms with van der Waals surface area (Å²) < 4.78 is 32.7. The highest BCUT2D eigenvalue weighted by Crippen LogP contribution is 2.23. The summed E-state index contributed by atoms with van der Waals surface area (Å²) >= 11 is 0. The monoisotopic (exact) mass is 290 g/mol. The number of hydrogen-bond acceptors (Lipinski definition) is 4. The lowest BCUT2D eigenvalue weighted by atomic mass is 10.0. The second-order valence-electron chi connectivity index (χ2n) is 5.19. The van der Waals surface area contributed by atoms with Crippen LogP contribution < -0.4 is 0 Å². The molecule has 0 amide bonds. The van der Waals surface area contributed by atoms with Crippen molar-refractivity contribution in [1.82, 2.24) is 8.61 Å². The Hall–Kier alpha value is -0.660. The molecule has 0 aliphatic carbocycles. The first kappa shape index (κ1) is 14.7. The summed E-state index contributed by atoms with van der Waals surface area (Å²) in [6, 6.07) is 0. The third kappa shape index (κ3) is 3.27. The zero-order valence-corrected chi connectivity index (χ0v) is 12.2. The van der Waals surface area contributed by atoms with Crippen molar-refractivity contribution < 1.29 is 17.9 Å². The van der Waals surface area contributed by atoms with E-state index in [2.05, 4.69) is 0 Å². The van der Waals surface area contributed by atoms with E-state index in [1.165, 1.54) is 11.4 Å². The van der Waals surface area contributed by atoms with Crippen LogP contribution in [-0.2, 0) is 19.7 Å². The van der Waals surface area contributed by atoms with Gasteiger partial charge in [-0.1, -0.05) is 6.42 Å². The number of ether oxygens (including phenoxy) is 1. The molecular formula is C12H22N2O4S. The van der Waals surface area contributed by atoms with Crippen LogP contribution in [0.25, 0.3) is 0 Å². The number of hydrogen-bond donors (Lipinski definition) is 0. The van der Waals surface area contributed by atoms with Crippen LogP contribution in [-0.4, -0.2) is 56.3 Å². The lowest BCUT2D eigenvalue weighted by Gasteiger charge is -2.35. The molecule has 0 aromatic rings. The van der Waals surface area contributed by atoms with Crippen LogP contribution in [0.1, 0.15) is 32.1 Å². The molecule has 2 fully saturated rings. The minimum absolute atomic E-state index is 0.255. The van der Waals surface area contributed by atoms with Crippen molar-refractivity contribution in [2.75, 3.05) is 33.3 Å². The Balaban J connectivity index is 2.05. The first-order valence-electron chi connectivity index (χ1n) is 6.89. The van der Waals surface area contributed by atoms with Crippen molar-refractivity contribution in [3.05, 3.63) is 0 Å². The number of carbonyl (C=O) groups is 1. The summed E-state index contributed by atoms with van der Waals surface area (Å²) in [4.78, 5) is 11.6. The highest BCUT2D eigenvalue weighted by molar-refractivity contribution is 7.86. The molecule has 19 heavy (non-hydrogen) atoms. The predicted molar refractivity (Wildman–Crippen MR) is 70.7 cm³/mol. The van der Waals surface area contributed by atoms with Crippen molar-refractivity contribution >= 4 is 16.2 Å². The molecule has 2 aliphatic rings. The summed E-state index contributed by atoms with van der Waals surface area (Å²) in [5.74, 6) is -0.628. The molecule has 2 rings (SSSR count). The minimum Gasteiger partial charge on any atom is -0.469 e. The normalized spacial score (nSPS) is 27.1. The van der Waals surface area contributed by atoms with Crippen LogP contribution in [0.5, 0.6) is 0 Å². The van der Waals surface area contributed by atoms with E-state index in [0.29, 0.717) is 32.5 Å². The highest BCUT2D eigenvalue weighted by atomic mass is 32.2. The zero-order valence-electron chi connectivity index (χ0n) is 11.4. The fourth-order valence-electron chi connectivity index (χ4n) is 2.77. The average Bonchev–Trinajstić information content (AvgIpc) is 2.47. The Morgan fingerprint density at radius 1 is 1.05 bits per heavy atom. The SMILES string of the molecule is COC(=O)C1CCCN(S(=O)(=O)N2CCCCC2)C1. The molecule has 110 valence electrons. The Labute approximate surface area is 114 Å². The highest BCUT2D eigenvalue weighted by Gasteiger charge is 2.36. The topological polar surface area (TPSA) is 66.9 Å². The van der Waals surface area contributed by atoms with Crippen molar-refractivity contribution in [2.24, 2.45) is 5.92 Å². The van der Waals surface area contributed by atoms with Crippen molar-refractivity contribution in [3.63, 3.8) is 0 Å². The van der Waals surface area contributed by atoms with Crippen LogP contribution in [0.3, 0.4) is 0 Å². The summed E-state index contributed by atoms with van der Waals surface area (Å²) in [6.45, 7) is 1.96. The zero-order chi connectivity index (χ0) is 13.9. The van der Waals surface area contributed by atoms with Gasteiger partial charge in [-0.25, -0.2) is 0 Å². The largest absolute Gasteiger partial charge is 0.469 e. The predicted octanol–water partition coefficient (Wildman–Crippen LogP) is 0.602. The van der Waals surface area contributed by atoms with Crippen molar-refractivity contribution in [2.45, 2.75) is 32.1 Å². The quantitative estimate of drug-likeness (QED) is 0.714. The Morgan fingerprint density at radius 2 is 1.68 bits per heavy atom. The standard InChI is InChI=1S/C12H22N2O4S/c1-18-12(15)11-6-5-9-14(10-11)19(16,17)13-7-3-2-4-8-13/h11H,2-10H2,1H3. The minimum atomic E-state index is -3.40. The molecule has 0 bridgehead atoms. The Kier molecular flexibility index (Phi) is 4.81. The Morgan fingerprint density at radius 3 is 2.32 bits per heavy atom. The number of nitrogens with zero attached hydrogens (tertiary/aromatic N) is 2. The van der Waals surface area contributed by atoms with E-state index >= 15 is 0 Å². The van der Waals surface area contributed by atoms with Gasteiger partial charge in [0.15, 0.2) is 0 Å². The maximum absolute atomic E-state index is 12.5.